The fraction of sp³-hybridized carbons (Fsp3) is 0.214. The Morgan fingerprint density at radius 3 is 2.27 bits per heavy atom. The van der Waals surface area contributed by atoms with Crippen LogP contribution in [0.5, 0.6) is 0 Å². The van der Waals surface area contributed by atoms with E-state index in [0.717, 1.165) is 0 Å². The van der Waals surface area contributed by atoms with Crippen LogP contribution in [0.4, 0.5) is 0 Å². The quantitative estimate of drug-likeness (QED) is 0.626. The van der Waals surface area contributed by atoms with E-state index in [9.17, 15) is 0 Å². The fourth-order valence-electron chi connectivity index (χ4n) is 1.90. The lowest BCUT2D eigenvalue weighted by Gasteiger charge is -2.27. The van der Waals surface area contributed by atoms with Crippen molar-refractivity contribution >= 4 is 0 Å². The molecule has 2 rings (SSSR count). The van der Waals surface area contributed by atoms with Crippen LogP contribution in [0, 0.1) is 6.04 Å². The number of hydrogen-bond acceptors (Lipinski definition) is 1. The summed E-state index contributed by atoms with van der Waals surface area (Å²) in [6, 6.07) is 1.27. The summed E-state index contributed by atoms with van der Waals surface area (Å²) >= 11 is 0. The highest BCUT2D eigenvalue weighted by Crippen LogP contribution is 2.34. The number of rotatable bonds is 1. The molecule has 0 saturated heterocycles. The van der Waals surface area contributed by atoms with Crippen molar-refractivity contribution in [3.8, 4) is 0 Å². The molecule has 1 radical (unpaired) electrons. The monoisotopic (exact) mass is 198 g/mol. The first-order chi connectivity index (χ1) is 7.20. The van der Waals surface area contributed by atoms with Gasteiger partial charge in [0.1, 0.15) is 0 Å². The van der Waals surface area contributed by atoms with Gasteiger partial charge in [-0.2, -0.15) is 0 Å². The van der Waals surface area contributed by atoms with Crippen molar-refractivity contribution in [2.24, 2.45) is 0 Å². The van der Waals surface area contributed by atoms with Gasteiger partial charge in [-0.15, -0.1) is 0 Å². The van der Waals surface area contributed by atoms with Gasteiger partial charge >= 0.3 is 0 Å². The zero-order valence-electron chi connectivity index (χ0n) is 9.49. The van der Waals surface area contributed by atoms with Gasteiger partial charge < -0.3 is 0 Å². The standard InChI is InChI=1S/C14H16N/c1-11-7-4-5-8-13-12(11)9-6-10-14(13)15(2)3/h4-10H,1-3H3. The predicted octanol–water partition coefficient (Wildman–Crippen LogP) is 3.02. The van der Waals surface area contributed by atoms with E-state index >= 15 is 0 Å². The Morgan fingerprint density at radius 2 is 1.53 bits per heavy atom. The lowest BCUT2D eigenvalue weighted by Crippen LogP contribution is -2.22. The molecule has 0 unspecified atom stereocenters. The van der Waals surface area contributed by atoms with Crippen LogP contribution in [0.3, 0.4) is 0 Å². The summed E-state index contributed by atoms with van der Waals surface area (Å²) in [6.07, 6.45) is 15.0. The van der Waals surface area contributed by atoms with Crippen molar-refractivity contribution in [2.75, 3.05) is 14.1 Å². The summed E-state index contributed by atoms with van der Waals surface area (Å²) in [4.78, 5) is 2.15. The van der Waals surface area contributed by atoms with Gasteiger partial charge in [0.05, 0.1) is 6.04 Å². The third-order valence-electron chi connectivity index (χ3n) is 2.71. The molecule has 2 aliphatic carbocycles. The molecule has 0 heterocycles. The molecular formula is C14H16N. The van der Waals surface area contributed by atoms with Gasteiger partial charge in [-0.3, -0.25) is 4.90 Å². The second-order valence-corrected chi connectivity index (χ2v) is 4.03. The van der Waals surface area contributed by atoms with Crippen molar-refractivity contribution in [3.05, 3.63) is 65.3 Å². The second-order valence-electron chi connectivity index (χ2n) is 4.03. The van der Waals surface area contributed by atoms with Crippen molar-refractivity contribution in [3.63, 3.8) is 0 Å². The summed E-state index contributed by atoms with van der Waals surface area (Å²) in [7, 11) is 4.16. The van der Waals surface area contributed by atoms with Gasteiger partial charge in [0.2, 0.25) is 0 Å². The van der Waals surface area contributed by atoms with Crippen LogP contribution in [0.2, 0.25) is 0 Å². The number of nitrogens with zero attached hydrogens (tertiary/aromatic N) is 1. The van der Waals surface area contributed by atoms with Crippen LogP contribution in [0.25, 0.3) is 0 Å². The highest BCUT2D eigenvalue weighted by atomic mass is 15.1. The first-order valence-corrected chi connectivity index (χ1v) is 5.19. The van der Waals surface area contributed by atoms with Crippen LogP contribution in [0.1, 0.15) is 6.92 Å². The van der Waals surface area contributed by atoms with E-state index < -0.39 is 0 Å². The van der Waals surface area contributed by atoms with E-state index in [1.54, 1.807) is 0 Å². The minimum Gasteiger partial charge on any atom is -0.294 e. The zero-order valence-corrected chi connectivity index (χ0v) is 9.49. The average Bonchev–Trinajstić information content (AvgIpc) is 2.40. The topological polar surface area (TPSA) is 3.24 Å². The predicted molar refractivity (Wildman–Crippen MR) is 65.1 cm³/mol. The lowest BCUT2D eigenvalue weighted by atomic mass is 9.89. The molecule has 0 aliphatic heterocycles. The summed E-state index contributed by atoms with van der Waals surface area (Å²) in [5.74, 6) is 0. The minimum absolute atomic E-state index is 1.27. The average molecular weight is 198 g/mol. The number of fused-ring (bicyclic) bond motifs is 1. The Balaban J connectivity index is 2.45. The Labute approximate surface area is 91.8 Å². The molecule has 0 aromatic heterocycles. The van der Waals surface area contributed by atoms with Crippen molar-refractivity contribution in [2.45, 2.75) is 6.92 Å². The maximum absolute atomic E-state index is 2.18. The molecule has 0 aromatic rings. The smallest absolute Gasteiger partial charge is 0.0915 e. The highest BCUT2D eigenvalue weighted by molar-refractivity contribution is 5.61. The molecule has 15 heavy (non-hydrogen) atoms. The first kappa shape index (κ1) is 10.2. The number of likely N-dealkylation sites (N-methyl/N-ethyl adjacent to an activating group) is 1. The van der Waals surface area contributed by atoms with Crippen molar-refractivity contribution < 1.29 is 0 Å². The maximum atomic E-state index is 2.18. The molecule has 1 heteroatoms. The molecule has 0 aromatic carbocycles. The van der Waals surface area contributed by atoms with Gasteiger partial charge in [-0.05, 0) is 37.7 Å². The third kappa shape index (κ3) is 1.88. The van der Waals surface area contributed by atoms with Crippen LogP contribution >= 0.6 is 0 Å². The van der Waals surface area contributed by atoms with E-state index in [1.807, 2.05) is 0 Å². The molecule has 0 spiro atoms. The van der Waals surface area contributed by atoms with Gasteiger partial charge in [-0.25, -0.2) is 0 Å². The summed E-state index contributed by atoms with van der Waals surface area (Å²) in [6.45, 7) is 2.15. The Morgan fingerprint density at radius 1 is 0.867 bits per heavy atom. The molecule has 0 atom stereocenters. The van der Waals surface area contributed by atoms with Gasteiger partial charge in [-0.1, -0.05) is 42.5 Å². The van der Waals surface area contributed by atoms with E-state index in [-0.39, 0.29) is 0 Å². The molecule has 1 nitrogen and oxygen atoms in total. The number of allylic oxidation sites excluding steroid dienone is 7. The zero-order chi connectivity index (χ0) is 10.8. The Hall–Kier alpha value is -1.34. The van der Waals surface area contributed by atoms with E-state index in [0.29, 0.717) is 0 Å². The molecule has 2 aliphatic rings. The van der Waals surface area contributed by atoms with E-state index in [4.69, 9.17) is 0 Å². The largest absolute Gasteiger partial charge is 0.294 e. The van der Waals surface area contributed by atoms with Crippen LogP contribution in [-0.2, 0) is 0 Å². The molecule has 0 bridgehead atoms. The van der Waals surface area contributed by atoms with Crippen LogP contribution in [0.15, 0.2) is 59.3 Å². The van der Waals surface area contributed by atoms with Crippen molar-refractivity contribution in [1.82, 2.24) is 4.90 Å². The molecular weight excluding hydrogens is 182 g/mol. The summed E-state index contributed by atoms with van der Waals surface area (Å²) in [5, 5.41) is 0. The normalized spacial score (nSPS) is 20.7. The van der Waals surface area contributed by atoms with Crippen molar-refractivity contribution in [1.29, 1.82) is 0 Å². The minimum atomic E-state index is 1.27. The highest BCUT2D eigenvalue weighted by Gasteiger charge is 2.21. The molecule has 0 N–H and O–H groups in total. The van der Waals surface area contributed by atoms with E-state index in [1.165, 1.54) is 22.8 Å². The van der Waals surface area contributed by atoms with Gasteiger partial charge in [0, 0.05) is 0 Å². The second kappa shape index (κ2) is 4.03. The number of hydrogen-bond donors (Lipinski definition) is 0. The van der Waals surface area contributed by atoms with Crippen LogP contribution in [-0.4, -0.2) is 19.0 Å². The van der Waals surface area contributed by atoms with Gasteiger partial charge in [0.25, 0.3) is 0 Å². The van der Waals surface area contributed by atoms with E-state index in [2.05, 4.69) is 68.5 Å². The summed E-state index contributed by atoms with van der Waals surface area (Å²) < 4.78 is 0. The molecule has 0 amide bonds. The SMILES string of the molecule is CC1=CC=CC=C2[C](N(C)C)C=CC=C12. The molecule has 0 fully saturated rings. The Kier molecular flexibility index (Phi) is 2.74. The Bertz CT molecular complexity index is 403. The fourth-order valence-corrected chi connectivity index (χ4v) is 1.90. The van der Waals surface area contributed by atoms with Crippen LogP contribution < -0.4 is 0 Å². The third-order valence-corrected chi connectivity index (χ3v) is 2.71. The summed E-state index contributed by atoms with van der Waals surface area (Å²) in [5.41, 5.74) is 3.95. The lowest BCUT2D eigenvalue weighted by molar-refractivity contribution is 0.468. The first-order valence-electron chi connectivity index (χ1n) is 5.19. The molecule has 0 saturated carbocycles. The molecule has 77 valence electrons. The maximum Gasteiger partial charge on any atom is 0.0915 e. The van der Waals surface area contributed by atoms with Gasteiger partial charge in [0.15, 0.2) is 0 Å².